The number of benzene rings is 2. The Labute approximate surface area is 171 Å². The number of methoxy groups -OCH3 is 1. The average molecular weight is 416 g/mol. The summed E-state index contributed by atoms with van der Waals surface area (Å²) in [4.78, 5) is 14.6. The number of carbonyl (C=O) groups excluding carboxylic acids is 1. The van der Waals surface area contributed by atoms with Gasteiger partial charge in [-0.3, -0.25) is 4.79 Å². The molecule has 0 heterocycles. The van der Waals surface area contributed by atoms with E-state index in [1.165, 1.54) is 36.3 Å². The molecule has 0 aliphatic heterocycles. The fourth-order valence-corrected chi connectivity index (χ4v) is 3.84. The normalized spacial score (nSPS) is 10.9. The van der Waals surface area contributed by atoms with Gasteiger partial charge in [0.1, 0.15) is 5.75 Å². The molecule has 0 saturated carbocycles. The fourth-order valence-electron chi connectivity index (χ4n) is 2.67. The molecule has 0 spiro atoms. The number of nitriles is 1. The van der Waals surface area contributed by atoms with Crippen molar-refractivity contribution in [1.29, 1.82) is 5.26 Å². The summed E-state index contributed by atoms with van der Waals surface area (Å²) in [6, 6.07) is 14.9. The second-order valence-electron chi connectivity index (χ2n) is 6.13. The van der Waals surface area contributed by atoms with Crippen LogP contribution in [-0.4, -0.2) is 46.9 Å². The molecule has 2 rings (SSSR count). The quantitative estimate of drug-likeness (QED) is 0.590. The van der Waals surface area contributed by atoms with Crippen LogP contribution in [0.15, 0.2) is 53.4 Å². The average Bonchev–Trinajstić information content (AvgIpc) is 2.74. The molecule has 2 aromatic rings. The highest BCUT2D eigenvalue weighted by atomic mass is 32.2. The molecular weight excluding hydrogens is 392 g/mol. The summed E-state index contributed by atoms with van der Waals surface area (Å²) < 4.78 is 34.7. The first-order valence-corrected chi connectivity index (χ1v) is 10.8. The molecule has 2 aromatic carbocycles. The first kappa shape index (κ1) is 22.4. The number of rotatable bonds is 10. The Morgan fingerprint density at radius 2 is 1.76 bits per heavy atom. The van der Waals surface area contributed by atoms with E-state index in [0.717, 1.165) is 0 Å². The summed E-state index contributed by atoms with van der Waals surface area (Å²) >= 11 is 0. The lowest BCUT2D eigenvalue weighted by Crippen LogP contribution is -2.31. The van der Waals surface area contributed by atoms with Crippen molar-refractivity contribution in [3.8, 4) is 11.8 Å². The maximum absolute atomic E-state index is 13.0. The molecule has 0 unspecified atom stereocenters. The molecule has 154 valence electrons. The molecule has 0 N–H and O–H groups in total. The van der Waals surface area contributed by atoms with Gasteiger partial charge in [0, 0.05) is 24.9 Å². The van der Waals surface area contributed by atoms with Crippen LogP contribution in [0.25, 0.3) is 0 Å². The van der Waals surface area contributed by atoms with Crippen molar-refractivity contribution in [2.24, 2.45) is 0 Å². The van der Waals surface area contributed by atoms with Gasteiger partial charge in [-0.25, -0.2) is 8.42 Å². The SMILES string of the molecule is CCOc1ccc(N(CCC#N)C(=O)c2ccc(S(=O)(=O)CCOC)cc2)cc1. The number of amides is 1. The Balaban J connectivity index is 2.26. The molecule has 0 radical (unpaired) electrons. The smallest absolute Gasteiger partial charge is 0.258 e. The molecular formula is C21H24N2O5S. The van der Waals surface area contributed by atoms with E-state index in [1.54, 1.807) is 24.3 Å². The minimum atomic E-state index is -3.47. The summed E-state index contributed by atoms with van der Waals surface area (Å²) in [5.41, 5.74) is 0.966. The molecule has 0 saturated heterocycles. The van der Waals surface area contributed by atoms with Crippen LogP contribution >= 0.6 is 0 Å². The van der Waals surface area contributed by atoms with Crippen molar-refractivity contribution >= 4 is 21.4 Å². The number of nitrogens with zero attached hydrogens (tertiary/aromatic N) is 2. The zero-order valence-corrected chi connectivity index (χ0v) is 17.3. The van der Waals surface area contributed by atoms with Crippen LogP contribution in [0.1, 0.15) is 23.7 Å². The summed E-state index contributed by atoms with van der Waals surface area (Å²) in [5.74, 6) is 0.247. The monoisotopic (exact) mass is 416 g/mol. The lowest BCUT2D eigenvalue weighted by atomic mass is 10.1. The highest BCUT2D eigenvalue weighted by Crippen LogP contribution is 2.22. The molecule has 1 amide bonds. The van der Waals surface area contributed by atoms with Crippen LogP contribution in [0.3, 0.4) is 0 Å². The Kier molecular flexibility index (Phi) is 8.19. The van der Waals surface area contributed by atoms with Crippen LogP contribution in [0.5, 0.6) is 5.75 Å². The number of ether oxygens (including phenoxy) is 2. The van der Waals surface area contributed by atoms with Crippen molar-refractivity contribution in [3.63, 3.8) is 0 Å². The highest BCUT2D eigenvalue weighted by molar-refractivity contribution is 7.91. The van der Waals surface area contributed by atoms with Gasteiger partial charge in [-0.1, -0.05) is 0 Å². The summed E-state index contributed by atoms with van der Waals surface area (Å²) in [7, 11) is -2.03. The summed E-state index contributed by atoms with van der Waals surface area (Å²) in [5, 5.41) is 8.94. The lowest BCUT2D eigenvalue weighted by Gasteiger charge is -2.22. The zero-order chi connectivity index (χ0) is 21.3. The summed E-state index contributed by atoms with van der Waals surface area (Å²) in [6.45, 7) is 2.74. The number of anilines is 1. The van der Waals surface area contributed by atoms with Gasteiger partial charge in [-0.2, -0.15) is 5.26 Å². The predicted molar refractivity (Wildman–Crippen MR) is 110 cm³/mol. The van der Waals surface area contributed by atoms with Gasteiger partial charge in [0.25, 0.3) is 5.91 Å². The molecule has 0 fully saturated rings. The zero-order valence-electron chi connectivity index (χ0n) is 16.5. The molecule has 7 nitrogen and oxygen atoms in total. The first-order valence-electron chi connectivity index (χ1n) is 9.16. The second-order valence-corrected chi connectivity index (χ2v) is 8.24. The molecule has 0 bridgehead atoms. The molecule has 8 heteroatoms. The van der Waals surface area contributed by atoms with Gasteiger partial charge in [-0.15, -0.1) is 0 Å². The van der Waals surface area contributed by atoms with E-state index in [2.05, 4.69) is 0 Å². The first-order chi connectivity index (χ1) is 13.9. The van der Waals surface area contributed by atoms with Gasteiger partial charge in [-0.05, 0) is 55.5 Å². The van der Waals surface area contributed by atoms with Gasteiger partial charge >= 0.3 is 0 Å². The summed E-state index contributed by atoms with van der Waals surface area (Å²) in [6.07, 6.45) is 0.169. The molecule has 0 aliphatic carbocycles. The van der Waals surface area contributed by atoms with Crippen LogP contribution in [0.4, 0.5) is 5.69 Å². The highest BCUT2D eigenvalue weighted by Gasteiger charge is 2.20. The molecule has 29 heavy (non-hydrogen) atoms. The largest absolute Gasteiger partial charge is 0.494 e. The Bertz CT molecular complexity index is 948. The van der Waals surface area contributed by atoms with Crippen LogP contribution in [0, 0.1) is 11.3 Å². The third kappa shape index (κ3) is 6.04. The number of hydrogen-bond donors (Lipinski definition) is 0. The second kappa shape index (κ2) is 10.6. The van der Waals surface area contributed by atoms with E-state index in [1.807, 2.05) is 13.0 Å². The van der Waals surface area contributed by atoms with Crippen molar-refractivity contribution in [2.75, 3.05) is 37.5 Å². The van der Waals surface area contributed by atoms with E-state index in [9.17, 15) is 13.2 Å². The van der Waals surface area contributed by atoms with Crippen LogP contribution < -0.4 is 9.64 Å². The number of sulfone groups is 1. The minimum Gasteiger partial charge on any atom is -0.494 e. The Morgan fingerprint density at radius 1 is 1.10 bits per heavy atom. The van der Waals surface area contributed by atoms with Crippen LogP contribution in [0.2, 0.25) is 0 Å². The van der Waals surface area contributed by atoms with Crippen molar-refractivity contribution in [2.45, 2.75) is 18.2 Å². The van der Waals surface area contributed by atoms with Gasteiger partial charge in [0.05, 0.1) is 36.4 Å². The third-order valence-electron chi connectivity index (χ3n) is 4.17. The predicted octanol–water partition coefficient (Wildman–Crippen LogP) is 3.07. The van der Waals surface area contributed by atoms with Gasteiger partial charge < -0.3 is 14.4 Å². The fraction of sp³-hybridized carbons (Fsp3) is 0.333. The van der Waals surface area contributed by atoms with Gasteiger partial charge in [0.2, 0.25) is 0 Å². The Hall–Kier alpha value is -2.89. The maximum Gasteiger partial charge on any atom is 0.258 e. The number of carbonyl (C=O) groups is 1. The van der Waals surface area contributed by atoms with E-state index < -0.39 is 9.84 Å². The van der Waals surface area contributed by atoms with Crippen molar-refractivity contribution in [1.82, 2.24) is 0 Å². The Morgan fingerprint density at radius 3 is 2.31 bits per heavy atom. The maximum atomic E-state index is 13.0. The molecule has 0 aliphatic rings. The minimum absolute atomic E-state index is 0.0999. The van der Waals surface area contributed by atoms with E-state index >= 15 is 0 Å². The number of hydrogen-bond acceptors (Lipinski definition) is 6. The molecule has 0 aromatic heterocycles. The third-order valence-corrected chi connectivity index (χ3v) is 5.86. The van der Waals surface area contributed by atoms with Crippen molar-refractivity contribution < 1.29 is 22.7 Å². The van der Waals surface area contributed by atoms with E-state index in [4.69, 9.17) is 14.7 Å². The standard InChI is InChI=1S/C21H24N2O5S/c1-3-28-19-9-7-18(8-10-19)23(14-4-13-22)21(24)17-5-11-20(12-6-17)29(25,26)16-15-27-2/h5-12H,3-4,14-16H2,1-2H3. The van der Waals surface area contributed by atoms with Gasteiger partial charge in [0.15, 0.2) is 9.84 Å². The van der Waals surface area contributed by atoms with Crippen LogP contribution in [-0.2, 0) is 14.6 Å². The van der Waals surface area contributed by atoms with Crippen molar-refractivity contribution in [3.05, 3.63) is 54.1 Å². The molecule has 0 atom stereocenters. The topological polar surface area (TPSA) is 96.7 Å². The van der Waals surface area contributed by atoms with E-state index in [0.29, 0.717) is 23.6 Å². The lowest BCUT2D eigenvalue weighted by molar-refractivity contribution is 0.0987. The van der Waals surface area contributed by atoms with E-state index in [-0.39, 0.29) is 36.1 Å².